The molecule has 0 bridgehead atoms. The second-order valence-electron chi connectivity index (χ2n) is 4.80. The van der Waals surface area contributed by atoms with Crippen molar-refractivity contribution in [2.45, 2.75) is 52.0 Å². The van der Waals surface area contributed by atoms with Crippen molar-refractivity contribution in [1.29, 1.82) is 0 Å². The van der Waals surface area contributed by atoms with E-state index in [-0.39, 0.29) is 11.4 Å². The van der Waals surface area contributed by atoms with Crippen LogP contribution in [0.2, 0.25) is 0 Å². The van der Waals surface area contributed by atoms with Crippen LogP contribution in [0.15, 0.2) is 6.07 Å². The number of rotatable bonds is 3. The molecule has 1 aliphatic rings. The van der Waals surface area contributed by atoms with Crippen LogP contribution in [0.4, 0.5) is 0 Å². The predicted octanol–water partition coefficient (Wildman–Crippen LogP) is 2.97. The molecule has 1 N–H and O–H groups in total. The molecule has 0 spiro atoms. The van der Waals surface area contributed by atoms with Crippen molar-refractivity contribution in [2.24, 2.45) is 0 Å². The molecule has 1 saturated heterocycles. The molecule has 2 heterocycles. The Morgan fingerprint density at radius 3 is 2.69 bits per heavy atom. The number of hydrogen-bond donors (Lipinski definition) is 1. The first-order valence-electron chi connectivity index (χ1n) is 5.91. The third kappa shape index (κ3) is 2.14. The van der Waals surface area contributed by atoms with Crippen LogP contribution in [0.25, 0.3) is 0 Å². The van der Waals surface area contributed by atoms with E-state index in [0.717, 1.165) is 19.3 Å². The Bertz CT molecular complexity index is 410. The van der Waals surface area contributed by atoms with Crippen molar-refractivity contribution in [2.75, 3.05) is 0 Å². The van der Waals surface area contributed by atoms with E-state index >= 15 is 0 Å². The van der Waals surface area contributed by atoms with Gasteiger partial charge >= 0.3 is 0 Å². The quantitative estimate of drug-likeness (QED) is 0.860. The van der Waals surface area contributed by atoms with Gasteiger partial charge in [-0.15, -0.1) is 11.3 Å². The average molecular weight is 237 g/mol. The monoisotopic (exact) mass is 237 g/mol. The molecule has 0 aromatic carbocycles. The minimum absolute atomic E-state index is 0.0232. The highest BCUT2D eigenvalue weighted by molar-refractivity contribution is 7.12. The topological polar surface area (TPSA) is 29.1 Å². The van der Waals surface area contributed by atoms with Crippen LogP contribution >= 0.6 is 11.3 Å². The van der Waals surface area contributed by atoms with Gasteiger partial charge in [-0.3, -0.25) is 4.79 Å². The Balaban J connectivity index is 2.19. The Morgan fingerprint density at radius 1 is 1.50 bits per heavy atom. The molecule has 1 aliphatic heterocycles. The fourth-order valence-electron chi connectivity index (χ4n) is 2.52. The second-order valence-corrected chi connectivity index (χ2v) is 6.26. The smallest absolute Gasteiger partial charge is 0.220 e. The normalized spacial score (nSPS) is 24.8. The molecule has 1 unspecified atom stereocenters. The highest BCUT2D eigenvalue weighted by atomic mass is 32.1. The van der Waals surface area contributed by atoms with Crippen molar-refractivity contribution in [3.05, 3.63) is 21.4 Å². The van der Waals surface area contributed by atoms with E-state index in [1.165, 1.54) is 15.3 Å². The van der Waals surface area contributed by atoms with Crippen LogP contribution in [0.1, 0.15) is 41.5 Å². The minimum Gasteiger partial charge on any atom is -0.350 e. The molecule has 16 heavy (non-hydrogen) atoms. The Hall–Kier alpha value is -0.830. The van der Waals surface area contributed by atoms with Crippen molar-refractivity contribution < 1.29 is 4.79 Å². The molecular formula is C13H19NOS. The van der Waals surface area contributed by atoms with Gasteiger partial charge in [-0.05, 0) is 44.7 Å². The molecule has 3 heteroatoms. The fraction of sp³-hybridized carbons (Fsp3) is 0.615. The lowest BCUT2D eigenvalue weighted by atomic mass is 9.87. The van der Waals surface area contributed by atoms with E-state index < -0.39 is 0 Å². The summed E-state index contributed by atoms with van der Waals surface area (Å²) in [6.07, 6.45) is 3.69. The largest absolute Gasteiger partial charge is 0.350 e. The summed E-state index contributed by atoms with van der Waals surface area (Å²) in [5, 5.41) is 3.17. The van der Waals surface area contributed by atoms with Gasteiger partial charge < -0.3 is 5.32 Å². The lowest BCUT2D eigenvalue weighted by Gasteiger charge is -2.27. The predicted molar refractivity (Wildman–Crippen MR) is 67.9 cm³/mol. The lowest BCUT2D eigenvalue weighted by molar-refractivity contribution is -0.119. The average Bonchev–Trinajstić information content (AvgIpc) is 2.73. The number of hydrogen-bond acceptors (Lipinski definition) is 2. The van der Waals surface area contributed by atoms with E-state index in [1.807, 2.05) is 11.3 Å². The highest BCUT2D eigenvalue weighted by Gasteiger charge is 2.36. The number of nitrogens with one attached hydrogen (secondary N) is 1. The molecule has 0 radical (unpaired) electrons. The van der Waals surface area contributed by atoms with Gasteiger partial charge in [-0.2, -0.15) is 0 Å². The van der Waals surface area contributed by atoms with Crippen molar-refractivity contribution in [1.82, 2.24) is 5.32 Å². The maximum absolute atomic E-state index is 11.4. The van der Waals surface area contributed by atoms with Crippen LogP contribution in [0.5, 0.6) is 0 Å². The van der Waals surface area contributed by atoms with E-state index in [4.69, 9.17) is 0 Å². The first kappa shape index (κ1) is 11.6. The number of thiophene rings is 1. The van der Waals surface area contributed by atoms with E-state index in [9.17, 15) is 4.79 Å². The fourth-order valence-corrected chi connectivity index (χ4v) is 3.47. The Labute approximate surface area is 101 Å². The number of carbonyl (C=O) groups excluding carboxylic acids is 1. The van der Waals surface area contributed by atoms with Gasteiger partial charge in [-0.25, -0.2) is 0 Å². The lowest BCUT2D eigenvalue weighted by Crippen LogP contribution is -2.42. The van der Waals surface area contributed by atoms with Gasteiger partial charge in [-0.1, -0.05) is 6.92 Å². The zero-order valence-electron chi connectivity index (χ0n) is 10.2. The SMILES string of the molecule is CCC1(Cc2cc(C)sc2C)CCC(=O)N1. The molecule has 1 fully saturated rings. The summed E-state index contributed by atoms with van der Waals surface area (Å²) in [7, 11) is 0. The Morgan fingerprint density at radius 2 is 2.25 bits per heavy atom. The van der Waals surface area contributed by atoms with Crippen LogP contribution in [0, 0.1) is 13.8 Å². The zero-order valence-corrected chi connectivity index (χ0v) is 11.0. The summed E-state index contributed by atoms with van der Waals surface area (Å²) in [5.74, 6) is 0.214. The van der Waals surface area contributed by atoms with Gasteiger partial charge in [0.25, 0.3) is 0 Å². The maximum Gasteiger partial charge on any atom is 0.220 e. The molecule has 0 saturated carbocycles. The van der Waals surface area contributed by atoms with Gasteiger partial charge in [0.15, 0.2) is 0 Å². The molecule has 1 aromatic heterocycles. The third-order valence-electron chi connectivity index (χ3n) is 3.58. The second kappa shape index (κ2) is 4.21. The van der Waals surface area contributed by atoms with Crippen molar-refractivity contribution in [3.63, 3.8) is 0 Å². The van der Waals surface area contributed by atoms with E-state index in [2.05, 4.69) is 32.2 Å². The van der Waals surface area contributed by atoms with Crippen molar-refractivity contribution >= 4 is 17.2 Å². The van der Waals surface area contributed by atoms with Gasteiger partial charge in [0.1, 0.15) is 0 Å². The van der Waals surface area contributed by atoms with Crippen LogP contribution < -0.4 is 5.32 Å². The summed E-state index contributed by atoms with van der Waals surface area (Å²) in [5.41, 5.74) is 1.43. The summed E-state index contributed by atoms with van der Waals surface area (Å²) >= 11 is 1.85. The van der Waals surface area contributed by atoms with Crippen LogP contribution in [-0.2, 0) is 11.2 Å². The molecule has 1 aromatic rings. The molecule has 1 atom stereocenters. The first-order valence-corrected chi connectivity index (χ1v) is 6.73. The molecule has 88 valence electrons. The molecule has 2 rings (SSSR count). The molecule has 0 aliphatic carbocycles. The van der Waals surface area contributed by atoms with Gasteiger partial charge in [0.05, 0.1) is 0 Å². The summed E-state index contributed by atoms with van der Waals surface area (Å²) in [6, 6.07) is 2.27. The van der Waals surface area contributed by atoms with Crippen LogP contribution in [-0.4, -0.2) is 11.4 Å². The molecular weight excluding hydrogens is 218 g/mol. The zero-order chi connectivity index (χ0) is 11.8. The van der Waals surface area contributed by atoms with Gasteiger partial charge in [0, 0.05) is 21.7 Å². The number of amides is 1. The highest BCUT2D eigenvalue weighted by Crippen LogP contribution is 2.31. The summed E-state index contributed by atoms with van der Waals surface area (Å²) in [6.45, 7) is 6.49. The van der Waals surface area contributed by atoms with E-state index in [0.29, 0.717) is 6.42 Å². The number of aryl methyl sites for hydroxylation is 2. The maximum atomic E-state index is 11.4. The third-order valence-corrected chi connectivity index (χ3v) is 4.59. The van der Waals surface area contributed by atoms with Crippen LogP contribution in [0.3, 0.4) is 0 Å². The first-order chi connectivity index (χ1) is 7.54. The minimum atomic E-state index is 0.0232. The van der Waals surface area contributed by atoms with Crippen molar-refractivity contribution in [3.8, 4) is 0 Å². The summed E-state index contributed by atoms with van der Waals surface area (Å²) < 4.78 is 0. The number of carbonyl (C=O) groups is 1. The standard InChI is InChI=1S/C13H19NOS/c1-4-13(6-5-12(15)14-13)8-11-7-9(2)16-10(11)3/h7H,4-6,8H2,1-3H3,(H,14,15). The van der Waals surface area contributed by atoms with Gasteiger partial charge in [0.2, 0.25) is 5.91 Å². The van der Waals surface area contributed by atoms with E-state index in [1.54, 1.807) is 0 Å². The molecule has 2 nitrogen and oxygen atoms in total. The summed E-state index contributed by atoms with van der Waals surface area (Å²) in [4.78, 5) is 14.1. The Kier molecular flexibility index (Phi) is 3.06. The molecule has 1 amide bonds.